The second kappa shape index (κ2) is 3.04. The van der Waals surface area contributed by atoms with Crippen LogP contribution in [0.5, 0.6) is 0 Å². The van der Waals surface area contributed by atoms with Gasteiger partial charge >= 0.3 is 11.9 Å². The molecule has 12 heavy (non-hydrogen) atoms. The van der Waals surface area contributed by atoms with E-state index in [-0.39, 0.29) is 0 Å². The molecule has 0 radical (unpaired) electrons. The van der Waals surface area contributed by atoms with Crippen molar-refractivity contribution >= 4 is 11.9 Å². The Balaban J connectivity index is 2.28. The van der Waals surface area contributed by atoms with Crippen LogP contribution in [-0.4, -0.2) is 11.9 Å². The first kappa shape index (κ1) is 8.26. The van der Waals surface area contributed by atoms with Crippen molar-refractivity contribution < 1.29 is 19.4 Å². The Bertz CT molecular complexity index is 298. The van der Waals surface area contributed by atoms with Gasteiger partial charge in [0, 0.05) is 6.08 Å². The Labute approximate surface area is 68.7 Å². The van der Waals surface area contributed by atoms with E-state index in [0.29, 0.717) is 11.1 Å². The van der Waals surface area contributed by atoms with Crippen LogP contribution in [0.25, 0.3) is 0 Å². The quantitative estimate of drug-likeness (QED) is 0.343. The third kappa shape index (κ3) is 1.82. The maximum absolute atomic E-state index is 10.8. The lowest BCUT2D eigenvalue weighted by Crippen LogP contribution is -2.07. The van der Waals surface area contributed by atoms with Crippen LogP contribution in [0.1, 0.15) is 0 Å². The summed E-state index contributed by atoms with van der Waals surface area (Å²) >= 11 is 0. The molecule has 0 aromatic rings. The van der Waals surface area contributed by atoms with E-state index in [1.165, 1.54) is 6.08 Å². The highest BCUT2D eigenvalue weighted by Crippen LogP contribution is 2.26. The van der Waals surface area contributed by atoms with Crippen LogP contribution in [-0.2, 0) is 19.4 Å². The van der Waals surface area contributed by atoms with Gasteiger partial charge in [0.05, 0.1) is 5.57 Å². The van der Waals surface area contributed by atoms with Gasteiger partial charge in [-0.3, -0.25) is 0 Å². The first-order valence-electron chi connectivity index (χ1n) is 3.11. The average molecular weight is 166 g/mol. The third-order valence-corrected chi connectivity index (χ3v) is 1.17. The summed E-state index contributed by atoms with van der Waals surface area (Å²) in [6.07, 6.45) is 2.41. The number of hydrogen-bond donors (Lipinski definition) is 0. The highest BCUT2D eigenvalue weighted by Gasteiger charge is 2.25. The minimum Gasteiger partial charge on any atom is -0.242 e. The smallest absolute Gasteiger partial charge is 0.242 e. The van der Waals surface area contributed by atoms with Gasteiger partial charge in [0.1, 0.15) is 0 Å². The largest absolute Gasteiger partial charge is 0.386 e. The van der Waals surface area contributed by atoms with Gasteiger partial charge in [-0.25, -0.2) is 19.4 Å². The summed E-state index contributed by atoms with van der Waals surface area (Å²) < 4.78 is 0. The van der Waals surface area contributed by atoms with E-state index in [1.807, 2.05) is 0 Å². The second-order valence-corrected chi connectivity index (χ2v) is 2.06. The molecule has 62 valence electrons. The van der Waals surface area contributed by atoms with Gasteiger partial charge < -0.3 is 0 Å². The number of carbonyl (C=O) groups is 2. The Kier molecular flexibility index (Phi) is 2.09. The molecule has 1 aliphatic rings. The molecule has 1 aliphatic carbocycles. The highest BCUT2D eigenvalue weighted by molar-refractivity contribution is 6.01. The summed E-state index contributed by atoms with van der Waals surface area (Å²) in [6, 6.07) is 0. The Morgan fingerprint density at radius 1 is 1.42 bits per heavy atom. The molecule has 0 spiro atoms. The zero-order chi connectivity index (χ0) is 9.14. The Morgan fingerprint density at radius 2 is 2.00 bits per heavy atom. The van der Waals surface area contributed by atoms with Crippen LogP contribution < -0.4 is 0 Å². The SMILES string of the molecule is C=CC(=O)OOC(=O)C1=CC1=C. The van der Waals surface area contributed by atoms with E-state index in [0.717, 1.165) is 6.08 Å². The molecule has 0 saturated carbocycles. The summed E-state index contributed by atoms with van der Waals surface area (Å²) in [6.45, 7) is 6.58. The molecule has 0 unspecified atom stereocenters. The van der Waals surface area contributed by atoms with Crippen molar-refractivity contribution in [2.45, 2.75) is 0 Å². The summed E-state index contributed by atoms with van der Waals surface area (Å²) in [5.74, 6) is -1.52. The molecule has 0 bridgehead atoms. The first-order valence-corrected chi connectivity index (χ1v) is 3.11. The van der Waals surface area contributed by atoms with Gasteiger partial charge in [-0.05, 0) is 11.6 Å². The predicted octanol–water partition coefficient (Wildman–Crippen LogP) is 0.670. The van der Waals surface area contributed by atoms with E-state index in [1.54, 1.807) is 0 Å². The fraction of sp³-hybridized carbons (Fsp3) is 0. The van der Waals surface area contributed by atoms with E-state index in [2.05, 4.69) is 22.9 Å². The predicted molar refractivity (Wildman–Crippen MR) is 39.6 cm³/mol. The number of hydrogen-bond acceptors (Lipinski definition) is 4. The zero-order valence-electron chi connectivity index (χ0n) is 6.20. The van der Waals surface area contributed by atoms with Gasteiger partial charge in [0.2, 0.25) is 0 Å². The summed E-state index contributed by atoms with van der Waals surface area (Å²) in [5, 5.41) is 0. The lowest BCUT2D eigenvalue weighted by atomic mass is 10.4. The minimum atomic E-state index is -0.810. The molecule has 1 rings (SSSR count). The van der Waals surface area contributed by atoms with Crippen LogP contribution in [0, 0.1) is 0 Å². The zero-order valence-corrected chi connectivity index (χ0v) is 6.20. The molecule has 4 nitrogen and oxygen atoms in total. The normalized spacial score (nSPS) is 13.0. The lowest BCUT2D eigenvalue weighted by Gasteiger charge is -1.96. The second-order valence-electron chi connectivity index (χ2n) is 2.06. The standard InChI is InChI=1S/C8H6O4/c1-3-7(9)11-12-8(10)6-4-5(6)2/h3-4H,1-2H2. The molecular formula is C8H6O4. The molecule has 0 heterocycles. The fourth-order valence-electron chi connectivity index (χ4n) is 0.486. The third-order valence-electron chi connectivity index (χ3n) is 1.17. The Morgan fingerprint density at radius 3 is 2.42 bits per heavy atom. The van der Waals surface area contributed by atoms with Gasteiger partial charge in [-0.15, -0.1) is 0 Å². The molecule has 0 saturated heterocycles. The first-order chi connectivity index (χ1) is 5.65. The highest BCUT2D eigenvalue weighted by atomic mass is 17.2. The monoisotopic (exact) mass is 166 g/mol. The van der Waals surface area contributed by atoms with Crippen molar-refractivity contribution in [2.75, 3.05) is 0 Å². The maximum Gasteiger partial charge on any atom is 0.386 e. The van der Waals surface area contributed by atoms with Gasteiger partial charge in [0.15, 0.2) is 0 Å². The molecule has 0 fully saturated rings. The molecule has 0 atom stereocenters. The van der Waals surface area contributed by atoms with Crippen LogP contribution in [0.15, 0.2) is 36.5 Å². The van der Waals surface area contributed by atoms with Crippen molar-refractivity contribution in [3.05, 3.63) is 36.5 Å². The van der Waals surface area contributed by atoms with Gasteiger partial charge in [-0.2, -0.15) is 0 Å². The van der Waals surface area contributed by atoms with Gasteiger partial charge in [-0.1, -0.05) is 13.2 Å². The molecule has 0 amide bonds. The molecule has 0 aromatic heterocycles. The van der Waals surface area contributed by atoms with Crippen molar-refractivity contribution in [1.29, 1.82) is 0 Å². The summed E-state index contributed by atoms with van der Waals surface area (Å²) in [7, 11) is 0. The molecule has 0 N–H and O–H groups in total. The minimum absolute atomic E-state index is 0.340. The molecule has 0 aliphatic heterocycles. The number of allylic oxidation sites excluding steroid dienone is 1. The van der Waals surface area contributed by atoms with Crippen molar-refractivity contribution in [3.63, 3.8) is 0 Å². The fourth-order valence-corrected chi connectivity index (χ4v) is 0.486. The maximum atomic E-state index is 10.8. The van der Waals surface area contributed by atoms with Crippen molar-refractivity contribution in [1.82, 2.24) is 0 Å². The molecule has 4 heteroatoms. The van der Waals surface area contributed by atoms with E-state index < -0.39 is 11.9 Å². The molecular weight excluding hydrogens is 160 g/mol. The summed E-state index contributed by atoms with van der Waals surface area (Å²) in [4.78, 5) is 29.3. The van der Waals surface area contributed by atoms with Crippen LogP contribution in [0.2, 0.25) is 0 Å². The van der Waals surface area contributed by atoms with Crippen LogP contribution >= 0.6 is 0 Å². The van der Waals surface area contributed by atoms with Gasteiger partial charge in [0.25, 0.3) is 0 Å². The average Bonchev–Trinajstić information content (AvgIpc) is 2.77. The van der Waals surface area contributed by atoms with Crippen molar-refractivity contribution in [3.8, 4) is 0 Å². The summed E-state index contributed by atoms with van der Waals surface area (Å²) in [5.41, 5.74) is 0.932. The van der Waals surface area contributed by atoms with E-state index in [9.17, 15) is 9.59 Å². The Hall–Kier alpha value is -1.84. The number of carbonyl (C=O) groups excluding carboxylic acids is 2. The topological polar surface area (TPSA) is 52.6 Å². The van der Waals surface area contributed by atoms with E-state index >= 15 is 0 Å². The van der Waals surface area contributed by atoms with Crippen LogP contribution in [0.4, 0.5) is 0 Å². The molecule has 0 aromatic carbocycles. The van der Waals surface area contributed by atoms with Crippen molar-refractivity contribution in [2.24, 2.45) is 0 Å². The van der Waals surface area contributed by atoms with Crippen LogP contribution in [0.3, 0.4) is 0 Å². The van der Waals surface area contributed by atoms with E-state index in [4.69, 9.17) is 0 Å². The lowest BCUT2D eigenvalue weighted by molar-refractivity contribution is -0.250. The number of rotatable bonds is 2.